The average Bonchev–Trinajstić information content (AvgIpc) is 3.52. The van der Waals surface area contributed by atoms with E-state index in [0.29, 0.717) is 5.52 Å². The number of rotatable bonds is 3. The first-order chi connectivity index (χ1) is 25.5. The second-order valence-corrected chi connectivity index (χ2v) is 10.5. The van der Waals surface area contributed by atoms with Gasteiger partial charge in [-0.25, -0.2) is 4.98 Å². The zero-order valence-electron chi connectivity index (χ0n) is 32.2. The number of benzene rings is 8. The van der Waals surface area contributed by atoms with Gasteiger partial charge in [0, 0.05) is 27.3 Å². The van der Waals surface area contributed by atoms with Crippen LogP contribution in [-0.2, 0) is 0 Å². The van der Waals surface area contributed by atoms with Gasteiger partial charge in [-0.2, -0.15) is 9.97 Å². The molecule has 0 aliphatic rings. The van der Waals surface area contributed by atoms with E-state index in [0.717, 1.165) is 59.4 Å². The van der Waals surface area contributed by atoms with Crippen molar-refractivity contribution in [2.75, 3.05) is 0 Å². The van der Waals surface area contributed by atoms with Gasteiger partial charge in [0.15, 0.2) is 11.6 Å². The van der Waals surface area contributed by atoms with Crippen molar-refractivity contribution in [3.05, 3.63) is 133 Å². The predicted molar refractivity (Wildman–Crippen MR) is 177 cm³/mol. The average molecular weight is 557 g/mol. The van der Waals surface area contributed by atoms with E-state index >= 15 is 0 Å². The van der Waals surface area contributed by atoms with Gasteiger partial charge in [0.05, 0.1) is 24.7 Å². The highest BCUT2D eigenvalue weighted by Gasteiger charge is 2.25. The lowest BCUT2D eigenvalue weighted by atomic mass is 9.86. The van der Waals surface area contributed by atoms with Crippen LogP contribution in [0.15, 0.2) is 133 Å². The second-order valence-electron chi connectivity index (χ2n) is 10.5. The molecule has 8 aromatic carbocycles. The number of hydrogen-bond acceptors (Lipinski definition) is 3. The Morgan fingerprint density at radius 1 is 0.419 bits per heavy atom. The van der Waals surface area contributed by atoms with Gasteiger partial charge in [-0.15, -0.1) is 0 Å². The molecule has 0 saturated carbocycles. The van der Waals surface area contributed by atoms with E-state index in [4.69, 9.17) is 23.7 Å². The number of hydrogen-bond donors (Lipinski definition) is 0. The zero-order chi connectivity index (χ0) is 36.8. The van der Waals surface area contributed by atoms with Crippen molar-refractivity contribution in [2.45, 2.75) is 0 Å². The fraction of sp³-hybridized carbons (Fsp3) is 0. The lowest BCUT2D eigenvalue weighted by Gasteiger charge is -2.16. The van der Waals surface area contributed by atoms with Crippen molar-refractivity contribution < 1.29 is 13.7 Å². The summed E-state index contributed by atoms with van der Waals surface area (Å²) in [5, 5.41) is 10.5. The van der Waals surface area contributed by atoms with E-state index in [1.54, 1.807) is 4.57 Å². The molecule has 0 N–H and O–H groups in total. The number of aromatic nitrogens is 4. The Kier molecular flexibility index (Phi) is 2.98. The monoisotopic (exact) mass is 556 g/mol. The van der Waals surface area contributed by atoms with Crippen LogP contribution >= 0.6 is 0 Å². The molecular weight excluding hydrogens is 524 g/mol. The van der Waals surface area contributed by atoms with Crippen LogP contribution in [0.4, 0.5) is 0 Å². The van der Waals surface area contributed by atoms with E-state index in [1.807, 2.05) is 30.3 Å². The molecule has 2 aromatic heterocycles. The first-order valence-electron chi connectivity index (χ1n) is 18.7. The molecule has 0 atom stereocenters. The van der Waals surface area contributed by atoms with Gasteiger partial charge in [-0.1, -0.05) is 121 Å². The Hall–Kier alpha value is -5.87. The summed E-state index contributed by atoms with van der Waals surface area (Å²) < 4.78 is 86.5. The largest absolute Gasteiger partial charge is 0.278 e. The molecule has 0 bridgehead atoms. The fourth-order valence-electron chi connectivity index (χ4n) is 6.71. The maximum atomic E-state index is 8.75. The highest BCUT2D eigenvalue weighted by Crippen LogP contribution is 2.49. The van der Waals surface area contributed by atoms with E-state index in [1.165, 1.54) is 0 Å². The third-order valence-corrected chi connectivity index (χ3v) is 8.34. The highest BCUT2D eigenvalue weighted by molar-refractivity contribution is 6.44. The van der Waals surface area contributed by atoms with Crippen LogP contribution in [0.5, 0.6) is 0 Å². The van der Waals surface area contributed by atoms with Crippen LogP contribution in [0.1, 0.15) is 13.7 Å². The molecule has 198 valence electrons. The molecule has 2 heterocycles. The minimum atomic E-state index is -0.597. The van der Waals surface area contributed by atoms with Crippen LogP contribution in [0.25, 0.3) is 93.6 Å². The quantitative estimate of drug-likeness (QED) is 0.161. The summed E-state index contributed by atoms with van der Waals surface area (Å²) in [6.45, 7) is 0. The molecular formula is C39H22N4. The Balaban J connectivity index is 1.40. The summed E-state index contributed by atoms with van der Waals surface area (Å²) in [7, 11) is 0. The Morgan fingerprint density at radius 2 is 0.930 bits per heavy atom. The summed E-state index contributed by atoms with van der Waals surface area (Å²) in [6, 6.07) is 18.8. The third-order valence-electron chi connectivity index (χ3n) is 8.34. The summed E-state index contributed by atoms with van der Waals surface area (Å²) in [5.74, 6) is -0.650. The number of nitrogens with zero attached hydrogens (tertiary/aromatic N) is 4. The normalized spacial score (nSPS) is 15.4. The van der Waals surface area contributed by atoms with Crippen molar-refractivity contribution >= 4 is 64.9 Å². The van der Waals surface area contributed by atoms with Crippen LogP contribution in [0.3, 0.4) is 0 Å². The first-order valence-corrected chi connectivity index (χ1v) is 13.7. The summed E-state index contributed by atoms with van der Waals surface area (Å²) in [6.07, 6.45) is 0. The summed E-state index contributed by atoms with van der Waals surface area (Å²) >= 11 is 0. The van der Waals surface area contributed by atoms with E-state index < -0.39 is 60.4 Å². The van der Waals surface area contributed by atoms with Crippen molar-refractivity contribution in [2.24, 2.45) is 0 Å². The van der Waals surface area contributed by atoms with Gasteiger partial charge in [0.25, 0.3) is 0 Å². The van der Waals surface area contributed by atoms with E-state index in [9.17, 15) is 0 Å². The molecule has 0 spiro atoms. The van der Waals surface area contributed by atoms with Crippen LogP contribution < -0.4 is 0 Å². The maximum absolute atomic E-state index is 8.75. The van der Waals surface area contributed by atoms with Crippen molar-refractivity contribution in [1.29, 1.82) is 0 Å². The minimum absolute atomic E-state index is 0.0249. The van der Waals surface area contributed by atoms with E-state index in [2.05, 4.69) is 47.4 Å². The van der Waals surface area contributed by atoms with Gasteiger partial charge in [0.2, 0.25) is 5.95 Å². The van der Waals surface area contributed by atoms with Crippen molar-refractivity contribution in [3.8, 4) is 28.7 Å². The fourth-order valence-corrected chi connectivity index (χ4v) is 6.71. The molecule has 4 heteroatoms. The molecule has 0 fully saturated rings. The Labute approximate surface area is 260 Å². The van der Waals surface area contributed by atoms with Gasteiger partial charge in [-0.3, -0.25) is 4.57 Å². The molecule has 0 amide bonds. The molecule has 0 radical (unpaired) electrons. The standard InChI is InChI=1S/C39H22N4/c1-3-11-23(12-4-1)37-40-38(24-13-5-2-6-14-24)42-39(41-37)43-31-20-10-19-29-28-18-9-17-27-25-15-7-8-16-26(25)30-21-22-32(43)36(34(29)31)35(30)33(27)28/h1-22H/i1D,2D,3D,4D,5D,6D,11D,12D,13D,14D. The number of fused-ring (bicyclic) bond motifs is 4. The molecule has 10 rings (SSSR count). The third kappa shape index (κ3) is 3.02. The van der Waals surface area contributed by atoms with Gasteiger partial charge in [0.1, 0.15) is 0 Å². The second kappa shape index (κ2) is 8.34. The smallest absolute Gasteiger partial charge is 0.238 e. The topological polar surface area (TPSA) is 43.6 Å². The molecule has 4 nitrogen and oxygen atoms in total. The van der Waals surface area contributed by atoms with Crippen LogP contribution in [-0.4, -0.2) is 19.5 Å². The summed E-state index contributed by atoms with van der Waals surface area (Å²) in [4.78, 5) is 14.0. The van der Waals surface area contributed by atoms with Crippen LogP contribution in [0.2, 0.25) is 0 Å². The SMILES string of the molecule is [2H]c1c([2H])c([2H])c(-c2nc(-c3c([2H])c([2H])c([2H])c([2H])c3[2H])nc(-n3c4cccc5c6cccc7c8ccccc8c8ccc3c(c8c76)c54)n2)c([2H])c1[2H]. The van der Waals surface area contributed by atoms with Crippen molar-refractivity contribution in [1.82, 2.24) is 19.5 Å². The zero-order valence-corrected chi connectivity index (χ0v) is 22.2. The molecule has 0 unspecified atom stereocenters. The van der Waals surface area contributed by atoms with Crippen molar-refractivity contribution in [3.63, 3.8) is 0 Å². The lowest BCUT2D eigenvalue weighted by molar-refractivity contribution is 0.954. The van der Waals surface area contributed by atoms with Gasteiger partial charge in [-0.05, 0) is 49.8 Å². The Morgan fingerprint density at radius 3 is 1.58 bits per heavy atom. The highest BCUT2D eigenvalue weighted by atomic mass is 15.2. The Bertz CT molecular complexity index is 3100. The molecule has 10 aromatic rings. The minimum Gasteiger partial charge on any atom is -0.278 e. The molecule has 0 aliphatic carbocycles. The maximum Gasteiger partial charge on any atom is 0.238 e. The molecule has 0 aliphatic heterocycles. The lowest BCUT2D eigenvalue weighted by Crippen LogP contribution is -2.06. The molecule has 43 heavy (non-hydrogen) atoms. The molecule has 0 saturated heterocycles. The van der Waals surface area contributed by atoms with Gasteiger partial charge >= 0.3 is 0 Å². The van der Waals surface area contributed by atoms with Gasteiger partial charge < -0.3 is 0 Å². The van der Waals surface area contributed by atoms with Crippen LogP contribution in [0, 0.1) is 0 Å². The first kappa shape index (κ1) is 15.4. The summed E-state index contributed by atoms with van der Waals surface area (Å²) in [5.41, 5.74) is 0.803. The van der Waals surface area contributed by atoms with E-state index in [-0.39, 0.29) is 28.7 Å². The predicted octanol–water partition coefficient (Wildman–Crippen LogP) is 9.79.